The van der Waals surface area contributed by atoms with Crippen LogP contribution >= 0.6 is 23.2 Å². The number of nitrogens with zero attached hydrogens (tertiary/aromatic N) is 4. The van der Waals surface area contributed by atoms with Crippen molar-refractivity contribution in [3.05, 3.63) is 58.3 Å². The molecule has 1 heterocycles. The van der Waals surface area contributed by atoms with Gasteiger partial charge in [0.05, 0.1) is 21.4 Å². The number of anilines is 2. The third-order valence-corrected chi connectivity index (χ3v) is 3.71. The molecule has 3 aromatic rings. The van der Waals surface area contributed by atoms with Crippen LogP contribution in [0, 0.1) is 0 Å². The van der Waals surface area contributed by atoms with Gasteiger partial charge in [0.1, 0.15) is 6.33 Å². The Balaban J connectivity index is 1.78. The lowest BCUT2D eigenvalue weighted by atomic mass is 10.2. The quantitative estimate of drug-likeness (QED) is 0.709. The van der Waals surface area contributed by atoms with Gasteiger partial charge in [0.15, 0.2) is 0 Å². The highest BCUT2D eigenvalue weighted by Crippen LogP contribution is 2.31. The Kier molecular flexibility index (Phi) is 4.14. The van der Waals surface area contributed by atoms with Crippen LogP contribution in [-0.4, -0.2) is 26.1 Å². The van der Waals surface area contributed by atoms with Gasteiger partial charge in [0.2, 0.25) is 0 Å². The zero-order valence-corrected chi connectivity index (χ0v) is 13.1. The second-order valence-electron chi connectivity index (χ2n) is 4.61. The summed E-state index contributed by atoms with van der Waals surface area (Å²) >= 11 is 11.9. The van der Waals surface area contributed by atoms with E-state index in [2.05, 4.69) is 20.8 Å². The maximum Gasteiger partial charge on any atom is 0.255 e. The number of amides is 1. The average Bonchev–Trinajstić information content (AvgIpc) is 3.07. The number of benzene rings is 2. The molecule has 7 nitrogen and oxygen atoms in total. The van der Waals surface area contributed by atoms with E-state index in [0.717, 1.165) is 5.69 Å². The number of nitrogens with one attached hydrogen (secondary N) is 1. The Morgan fingerprint density at radius 1 is 1.13 bits per heavy atom. The Hall–Kier alpha value is -2.64. The summed E-state index contributed by atoms with van der Waals surface area (Å²) in [6, 6.07) is 9.86. The normalized spacial score (nSPS) is 10.5. The van der Waals surface area contributed by atoms with Crippen molar-refractivity contribution >= 4 is 40.5 Å². The Morgan fingerprint density at radius 3 is 2.35 bits per heavy atom. The molecular weight excluding hydrogens is 339 g/mol. The van der Waals surface area contributed by atoms with E-state index >= 15 is 0 Å². The number of nitrogen functional groups attached to an aromatic ring is 1. The first-order chi connectivity index (χ1) is 11.0. The summed E-state index contributed by atoms with van der Waals surface area (Å²) in [6.45, 7) is 0. The number of carbonyl (C=O) groups excluding carboxylic acids is 1. The van der Waals surface area contributed by atoms with E-state index in [4.69, 9.17) is 28.9 Å². The Bertz CT molecular complexity index is 825. The molecule has 3 rings (SSSR count). The second-order valence-corrected chi connectivity index (χ2v) is 5.42. The minimum absolute atomic E-state index is 0.275. The Morgan fingerprint density at radius 2 is 1.78 bits per heavy atom. The lowest BCUT2D eigenvalue weighted by Crippen LogP contribution is -2.12. The standard InChI is InChI=1S/C14H10Cl2N6O/c15-11-5-9(6-12(16)13(11)17)19-14(23)8-1-3-10(4-2-8)22-7-18-20-21-22/h1-7H,17H2,(H,19,23). The van der Waals surface area contributed by atoms with Crippen LogP contribution in [0.5, 0.6) is 0 Å². The summed E-state index contributed by atoms with van der Waals surface area (Å²) in [6.07, 6.45) is 1.47. The van der Waals surface area contributed by atoms with Crippen LogP contribution in [0.3, 0.4) is 0 Å². The predicted molar refractivity (Wildman–Crippen MR) is 88.0 cm³/mol. The van der Waals surface area contributed by atoms with Crippen LogP contribution in [0.1, 0.15) is 10.4 Å². The number of rotatable bonds is 3. The predicted octanol–water partition coefficient (Wildman–Crippen LogP) is 2.80. The van der Waals surface area contributed by atoms with E-state index in [0.29, 0.717) is 11.3 Å². The van der Waals surface area contributed by atoms with Crippen molar-refractivity contribution in [1.82, 2.24) is 20.2 Å². The summed E-state index contributed by atoms with van der Waals surface area (Å²) in [4.78, 5) is 12.2. The van der Waals surface area contributed by atoms with Crippen LogP contribution in [-0.2, 0) is 0 Å². The van der Waals surface area contributed by atoms with Crippen molar-refractivity contribution in [2.75, 3.05) is 11.1 Å². The van der Waals surface area contributed by atoms with Gasteiger partial charge >= 0.3 is 0 Å². The first-order valence-electron chi connectivity index (χ1n) is 6.44. The highest BCUT2D eigenvalue weighted by Gasteiger charge is 2.10. The van der Waals surface area contributed by atoms with Crippen molar-refractivity contribution in [3.63, 3.8) is 0 Å². The molecule has 3 N–H and O–H groups in total. The van der Waals surface area contributed by atoms with E-state index in [1.54, 1.807) is 24.3 Å². The molecule has 0 aliphatic carbocycles. The number of tetrazole rings is 1. The summed E-state index contributed by atoms with van der Waals surface area (Å²) in [5.74, 6) is -0.301. The van der Waals surface area contributed by atoms with Crippen LogP contribution in [0.25, 0.3) is 5.69 Å². The molecule has 0 aliphatic heterocycles. The highest BCUT2D eigenvalue weighted by molar-refractivity contribution is 6.39. The van der Waals surface area contributed by atoms with Crippen molar-refractivity contribution in [1.29, 1.82) is 0 Å². The fourth-order valence-electron chi connectivity index (χ4n) is 1.90. The number of nitrogens with two attached hydrogens (primary N) is 1. The summed E-state index contributed by atoms with van der Waals surface area (Å²) < 4.78 is 1.49. The fraction of sp³-hybridized carbons (Fsp3) is 0. The molecule has 1 amide bonds. The summed E-state index contributed by atoms with van der Waals surface area (Å²) in [5.41, 5.74) is 7.60. The van der Waals surface area contributed by atoms with Gasteiger partial charge in [-0.25, -0.2) is 4.68 Å². The topological polar surface area (TPSA) is 98.7 Å². The fourth-order valence-corrected chi connectivity index (χ4v) is 2.39. The zero-order valence-electron chi connectivity index (χ0n) is 11.6. The smallest absolute Gasteiger partial charge is 0.255 e. The van der Waals surface area contributed by atoms with E-state index in [9.17, 15) is 4.79 Å². The van der Waals surface area contributed by atoms with Gasteiger partial charge in [-0.05, 0) is 46.8 Å². The highest BCUT2D eigenvalue weighted by atomic mass is 35.5. The van der Waals surface area contributed by atoms with Crippen molar-refractivity contribution in [2.24, 2.45) is 0 Å². The molecule has 0 aliphatic rings. The number of carbonyl (C=O) groups is 1. The van der Waals surface area contributed by atoms with Crippen LogP contribution in [0.2, 0.25) is 10.0 Å². The largest absolute Gasteiger partial charge is 0.396 e. The van der Waals surface area contributed by atoms with E-state index in [1.807, 2.05) is 0 Å². The van der Waals surface area contributed by atoms with E-state index in [-0.39, 0.29) is 21.6 Å². The molecule has 116 valence electrons. The van der Waals surface area contributed by atoms with Crippen LogP contribution in [0.4, 0.5) is 11.4 Å². The van der Waals surface area contributed by atoms with Gasteiger partial charge in [-0.3, -0.25) is 4.79 Å². The molecule has 0 saturated carbocycles. The monoisotopic (exact) mass is 348 g/mol. The zero-order chi connectivity index (χ0) is 16.4. The number of aromatic nitrogens is 4. The van der Waals surface area contributed by atoms with Gasteiger partial charge in [-0.1, -0.05) is 23.2 Å². The summed E-state index contributed by atoms with van der Waals surface area (Å²) in [7, 11) is 0. The molecule has 23 heavy (non-hydrogen) atoms. The van der Waals surface area contributed by atoms with Gasteiger partial charge < -0.3 is 11.1 Å². The van der Waals surface area contributed by atoms with E-state index in [1.165, 1.54) is 23.1 Å². The molecule has 9 heteroatoms. The minimum atomic E-state index is -0.301. The molecule has 0 bridgehead atoms. The van der Waals surface area contributed by atoms with Crippen molar-refractivity contribution in [2.45, 2.75) is 0 Å². The van der Waals surface area contributed by atoms with Gasteiger partial charge in [-0.2, -0.15) is 0 Å². The molecular formula is C14H10Cl2N6O. The summed E-state index contributed by atoms with van der Waals surface area (Å²) in [5, 5.41) is 14.1. The molecule has 0 fully saturated rings. The first kappa shape index (κ1) is 15.3. The third kappa shape index (κ3) is 3.25. The van der Waals surface area contributed by atoms with Gasteiger partial charge in [0.25, 0.3) is 5.91 Å². The average molecular weight is 349 g/mol. The minimum Gasteiger partial charge on any atom is -0.396 e. The maximum atomic E-state index is 12.2. The molecule has 0 spiro atoms. The number of hydrogen-bond donors (Lipinski definition) is 2. The molecule has 1 aromatic heterocycles. The SMILES string of the molecule is Nc1c(Cl)cc(NC(=O)c2ccc(-n3cnnn3)cc2)cc1Cl. The number of hydrogen-bond acceptors (Lipinski definition) is 5. The first-order valence-corrected chi connectivity index (χ1v) is 7.19. The van der Waals surface area contributed by atoms with Crippen molar-refractivity contribution in [3.8, 4) is 5.69 Å². The Labute approximate surface area is 141 Å². The molecule has 2 aromatic carbocycles. The lowest BCUT2D eigenvalue weighted by Gasteiger charge is -2.09. The molecule has 0 saturated heterocycles. The molecule has 0 radical (unpaired) electrons. The van der Waals surface area contributed by atoms with Crippen LogP contribution < -0.4 is 11.1 Å². The van der Waals surface area contributed by atoms with E-state index < -0.39 is 0 Å². The molecule has 0 atom stereocenters. The number of halogens is 2. The van der Waals surface area contributed by atoms with Crippen LogP contribution in [0.15, 0.2) is 42.7 Å². The third-order valence-electron chi connectivity index (χ3n) is 3.08. The maximum absolute atomic E-state index is 12.2. The van der Waals surface area contributed by atoms with Gasteiger partial charge in [0, 0.05) is 11.3 Å². The van der Waals surface area contributed by atoms with Crippen molar-refractivity contribution < 1.29 is 4.79 Å². The second kappa shape index (κ2) is 6.23. The molecule has 0 unspecified atom stereocenters. The van der Waals surface area contributed by atoms with Gasteiger partial charge in [-0.15, -0.1) is 5.10 Å². The lowest BCUT2D eigenvalue weighted by molar-refractivity contribution is 0.102.